The number of carboxylic acid groups (broad SMARTS) is 1. The number of carboxylic acids is 1. The predicted molar refractivity (Wildman–Crippen MR) is 61.7 cm³/mol. The zero-order valence-electron chi connectivity index (χ0n) is 8.71. The van der Waals surface area contributed by atoms with Gasteiger partial charge >= 0.3 is 5.97 Å². The van der Waals surface area contributed by atoms with Crippen LogP contribution in [0.2, 0.25) is 0 Å². The van der Waals surface area contributed by atoms with E-state index in [1.165, 1.54) is 6.07 Å². The lowest BCUT2D eigenvalue weighted by molar-refractivity contribution is 0.0694. The smallest absolute Gasteiger partial charge is 0.336 e. The Bertz CT molecular complexity index is 629. The van der Waals surface area contributed by atoms with Gasteiger partial charge in [-0.15, -0.1) is 0 Å². The Kier molecular flexibility index (Phi) is 2.70. The van der Waals surface area contributed by atoms with E-state index in [9.17, 15) is 14.4 Å². The molecular weight excluding hydrogens is 220 g/mol. The second-order valence-corrected chi connectivity index (χ2v) is 3.51. The fraction of sp³-hybridized carbons (Fsp3) is 0. The Balaban J connectivity index is 2.98. The SMILES string of the molecule is O=Cc1c(C(=O)O)cc2ccccc2c1C=O. The summed E-state index contributed by atoms with van der Waals surface area (Å²) in [6.45, 7) is 0. The molecule has 2 rings (SSSR count). The van der Waals surface area contributed by atoms with Crippen LogP contribution >= 0.6 is 0 Å². The maximum absolute atomic E-state index is 11.0. The zero-order valence-corrected chi connectivity index (χ0v) is 8.71. The van der Waals surface area contributed by atoms with Crippen LogP contribution < -0.4 is 0 Å². The van der Waals surface area contributed by atoms with Crippen LogP contribution in [-0.4, -0.2) is 23.6 Å². The average molecular weight is 228 g/mol. The Morgan fingerprint density at radius 3 is 2.29 bits per heavy atom. The molecule has 4 heteroatoms. The van der Waals surface area contributed by atoms with E-state index in [0.717, 1.165) is 0 Å². The molecule has 0 saturated heterocycles. The van der Waals surface area contributed by atoms with E-state index in [2.05, 4.69) is 0 Å². The quantitative estimate of drug-likeness (QED) is 0.817. The van der Waals surface area contributed by atoms with E-state index in [1.54, 1.807) is 24.3 Å². The van der Waals surface area contributed by atoms with Gasteiger partial charge < -0.3 is 5.11 Å². The molecule has 0 unspecified atom stereocenters. The third-order valence-corrected chi connectivity index (χ3v) is 2.60. The van der Waals surface area contributed by atoms with Crippen LogP contribution in [0.15, 0.2) is 30.3 Å². The molecule has 0 aliphatic heterocycles. The van der Waals surface area contributed by atoms with Gasteiger partial charge in [-0.25, -0.2) is 4.79 Å². The van der Waals surface area contributed by atoms with Crippen LogP contribution in [0, 0.1) is 0 Å². The molecule has 0 bridgehead atoms. The zero-order chi connectivity index (χ0) is 12.4. The topological polar surface area (TPSA) is 71.4 Å². The fourth-order valence-electron chi connectivity index (χ4n) is 1.82. The van der Waals surface area contributed by atoms with E-state index in [1.807, 2.05) is 0 Å². The van der Waals surface area contributed by atoms with Crippen molar-refractivity contribution < 1.29 is 19.5 Å². The first-order valence-corrected chi connectivity index (χ1v) is 4.88. The summed E-state index contributed by atoms with van der Waals surface area (Å²) in [5.41, 5.74) is -0.109. The largest absolute Gasteiger partial charge is 0.478 e. The summed E-state index contributed by atoms with van der Waals surface area (Å²) < 4.78 is 0. The summed E-state index contributed by atoms with van der Waals surface area (Å²) in [7, 11) is 0. The van der Waals surface area contributed by atoms with Crippen molar-refractivity contribution in [1.29, 1.82) is 0 Å². The summed E-state index contributed by atoms with van der Waals surface area (Å²) in [4.78, 5) is 33.0. The van der Waals surface area contributed by atoms with Gasteiger partial charge in [-0.05, 0) is 16.8 Å². The number of hydrogen-bond acceptors (Lipinski definition) is 3. The maximum Gasteiger partial charge on any atom is 0.336 e. The molecular formula is C13H8O4. The van der Waals surface area contributed by atoms with Crippen molar-refractivity contribution in [2.45, 2.75) is 0 Å². The minimum absolute atomic E-state index is 0.0776. The third-order valence-electron chi connectivity index (χ3n) is 2.60. The normalized spacial score (nSPS) is 10.1. The molecule has 0 spiro atoms. The van der Waals surface area contributed by atoms with Gasteiger partial charge in [0.25, 0.3) is 0 Å². The molecule has 0 saturated carbocycles. The molecule has 0 heterocycles. The van der Waals surface area contributed by atoms with E-state index in [4.69, 9.17) is 5.11 Å². The number of benzene rings is 2. The second kappa shape index (κ2) is 4.17. The van der Waals surface area contributed by atoms with Crippen LogP contribution in [0.3, 0.4) is 0 Å². The van der Waals surface area contributed by atoms with Gasteiger partial charge in [0.05, 0.1) is 5.56 Å². The summed E-state index contributed by atoms with van der Waals surface area (Å²) in [5, 5.41) is 10.2. The lowest BCUT2D eigenvalue weighted by Crippen LogP contribution is -2.06. The highest BCUT2D eigenvalue weighted by molar-refractivity contribution is 6.11. The highest BCUT2D eigenvalue weighted by Gasteiger charge is 2.16. The number of rotatable bonds is 3. The summed E-state index contributed by atoms with van der Waals surface area (Å²) in [6, 6.07) is 8.24. The van der Waals surface area contributed by atoms with Gasteiger partial charge in [-0.2, -0.15) is 0 Å². The van der Waals surface area contributed by atoms with Gasteiger partial charge in [0.1, 0.15) is 0 Å². The summed E-state index contributed by atoms with van der Waals surface area (Å²) in [5.74, 6) is -1.22. The first kappa shape index (κ1) is 11.0. The molecule has 0 fully saturated rings. The summed E-state index contributed by atoms with van der Waals surface area (Å²) in [6.07, 6.45) is 0.915. The van der Waals surface area contributed by atoms with Gasteiger partial charge in [-0.3, -0.25) is 9.59 Å². The molecule has 0 aliphatic carbocycles. The lowest BCUT2D eigenvalue weighted by Gasteiger charge is -2.07. The minimum Gasteiger partial charge on any atom is -0.478 e. The van der Waals surface area contributed by atoms with Gasteiger partial charge in [0.2, 0.25) is 0 Å². The van der Waals surface area contributed by atoms with Crippen LogP contribution in [0.25, 0.3) is 10.8 Å². The van der Waals surface area contributed by atoms with Crippen molar-refractivity contribution in [3.8, 4) is 0 Å². The lowest BCUT2D eigenvalue weighted by atomic mass is 9.95. The number of carbonyl (C=O) groups is 3. The van der Waals surface area contributed by atoms with E-state index in [-0.39, 0.29) is 16.7 Å². The highest BCUT2D eigenvalue weighted by atomic mass is 16.4. The molecule has 0 amide bonds. The predicted octanol–water partition coefficient (Wildman–Crippen LogP) is 2.16. The molecule has 0 atom stereocenters. The Labute approximate surface area is 96.5 Å². The molecule has 4 nitrogen and oxygen atoms in total. The Hall–Kier alpha value is -2.49. The number of carbonyl (C=O) groups excluding carboxylic acids is 2. The Morgan fingerprint density at radius 1 is 1.06 bits per heavy atom. The molecule has 1 N–H and O–H groups in total. The van der Waals surface area contributed by atoms with E-state index in [0.29, 0.717) is 23.3 Å². The van der Waals surface area contributed by atoms with Crippen LogP contribution in [0.5, 0.6) is 0 Å². The number of hydrogen-bond donors (Lipinski definition) is 1. The van der Waals surface area contributed by atoms with Gasteiger partial charge in [-0.1, -0.05) is 24.3 Å². The average Bonchev–Trinajstić information content (AvgIpc) is 2.36. The molecule has 84 valence electrons. The van der Waals surface area contributed by atoms with E-state index < -0.39 is 5.97 Å². The standard InChI is InChI=1S/C13H8O4/c14-6-11-9-4-2-1-3-8(9)5-10(13(16)17)12(11)7-15/h1-7H,(H,16,17). The van der Waals surface area contributed by atoms with Crippen LogP contribution in [-0.2, 0) is 0 Å². The first-order chi connectivity index (χ1) is 8.19. The molecule has 2 aromatic rings. The molecule has 17 heavy (non-hydrogen) atoms. The number of aldehydes is 2. The molecule has 0 aliphatic rings. The highest BCUT2D eigenvalue weighted by Crippen LogP contribution is 2.24. The van der Waals surface area contributed by atoms with Crippen LogP contribution in [0.4, 0.5) is 0 Å². The van der Waals surface area contributed by atoms with E-state index >= 15 is 0 Å². The third kappa shape index (κ3) is 1.69. The maximum atomic E-state index is 11.0. The minimum atomic E-state index is -1.22. The van der Waals surface area contributed by atoms with Crippen molar-refractivity contribution in [3.63, 3.8) is 0 Å². The number of fused-ring (bicyclic) bond motifs is 1. The van der Waals surface area contributed by atoms with Crippen molar-refractivity contribution >= 4 is 29.3 Å². The monoisotopic (exact) mass is 228 g/mol. The molecule has 2 aromatic carbocycles. The molecule has 0 radical (unpaired) electrons. The number of aromatic carboxylic acids is 1. The van der Waals surface area contributed by atoms with Crippen molar-refractivity contribution in [3.05, 3.63) is 47.0 Å². The fourth-order valence-corrected chi connectivity index (χ4v) is 1.82. The van der Waals surface area contributed by atoms with Gasteiger partial charge in [0.15, 0.2) is 12.6 Å². The van der Waals surface area contributed by atoms with Crippen molar-refractivity contribution in [1.82, 2.24) is 0 Å². The summed E-state index contributed by atoms with van der Waals surface area (Å²) >= 11 is 0. The van der Waals surface area contributed by atoms with Gasteiger partial charge in [0, 0.05) is 11.1 Å². The van der Waals surface area contributed by atoms with Crippen LogP contribution in [0.1, 0.15) is 31.1 Å². The van der Waals surface area contributed by atoms with Crippen molar-refractivity contribution in [2.24, 2.45) is 0 Å². The molecule has 0 aromatic heterocycles. The second-order valence-electron chi connectivity index (χ2n) is 3.51. The Morgan fingerprint density at radius 2 is 1.71 bits per heavy atom. The first-order valence-electron chi connectivity index (χ1n) is 4.88. The van der Waals surface area contributed by atoms with Crippen molar-refractivity contribution in [2.75, 3.05) is 0 Å².